The van der Waals surface area contributed by atoms with Crippen molar-refractivity contribution in [2.24, 2.45) is 0 Å². The van der Waals surface area contributed by atoms with E-state index in [-0.39, 0.29) is 10.2 Å². The molecule has 3 nitrogen and oxygen atoms in total. The first-order valence-electron chi connectivity index (χ1n) is 5.11. The highest BCUT2D eigenvalue weighted by Gasteiger charge is 2.10. The highest BCUT2D eigenvalue weighted by atomic mass is 79.9. The van der Waals surface area contributed by atoms with E-state index in [1.807, 2.05) is 6.92 Å². The molecule has 2 rings (SSSR count). The van der Waals surface area contributed by atoms with Crippen molar-refractivity contribution < 1.29 is 8.78 Å². The predicted octanol–water partition coefficient (Wildman–Crippen LogP) is 3.76. The number of nitrogens with one attached hydrogen (secondary N) is 1. The molecule has 2 aromatic rings. The Labute approximate surface area is 111 Å². The maximum absolute atomic E-state index is 13.6. The third-order valence-electron chi connectivity index (χ3n) is 2.32. The molecular formula is C12H10BrF2N3. The molecule has 0 radical (unpaired) electrons. The molecule has 0 bridgehead atoms. The monoisotopic (exact) mass is 313 g/mol. The molecule has 0 amide bonds. The largest absolute Gasteiger partial charge is 0.396 e. The third-order valence-corrected chi connectivity index (χ3v) is 2.92. The van der Waals surface area contributed by atoms with Gasteiger partial charge in [0.05, 0.1) is 15.8 Å². The normalized spacial score (nSPS) is 10.4. The zero-order valence-corrected chi connectivity index (χ0v) is 11.1. The van der Waals surface area contributed by atoms with E-state index in [2.05, 4.69) is 26.2 Å². The molecule has 0 aliphatic carbocycles. The van der Waals surface area contributed by atoms with Crippen molar-refractivity contribution in [2.75, 3.05) is 11.1 Å². The fraction of sp³-hybridized carbons (Fsp3) is 0.0833. The van der Waals surface area contributed by atoms with Crippen molar-refractivity contribution in [1.29, 1.82) is 0 Å². The minimum atomic E-state index is -0.593. The summed E-state index contributed by atoms with van der Waals surface area (Å²) in [5, 5.41) is 2.66. The Kier molecular flexibility index (Phi) is 3.47. The molecule has 3 N–H and O–H groups in total. The maximum Gasteiger partial charge on any atom is 0.153 e. The zero-order chi connectivity index (χ0) is 13.3. The predicted molar refractivity (Wildman–Crippen MR) is 70.7 cm³/mol. The average Bonchev–Trinajstić information content (AvgIpc) is 2.29. The van der Waals surface area contributed by atoms with Crippen LogP contribution in [0.4, 0.5) is 26.0 Å². The first kappa shape index (κ1) is 12.8. The molecule has 0 aliphatic heterocycles. The van der Waals surface area contributed by atoms with E-state index < -0.39 is 11.6 Å². The van der Waals surface area contributed by atoms with Gasteiger partial charge in [0.15, 0.2) is 5.82 Å². The highest BCUT2D eigenvalue weighted by molar-refractivity contribution is 9.10. The van der Waals surface area contributed by atoms with Crippen LogP contribution >= 0.6 is 15.9 Å². The summed E-state index contributed by atoms with van der Waals surface area (Å²) in [5.41, 5.74) is 6.98. The number of benzene rings is 1. The smallest absolute Gasteiger partial charge is 0.153 e. The van der Waals surface area contributed by atoms with Crippen LogP contribution in [-0.2, 0) is 0 Å². The van der Waals surface area contributed by atoms with Gasteiger partial charge in [0, 0.05) is 12.3 Å². The molecule has 0 fully saturated rings. The lowest BCUT2D eigenvalue weighted by Gasteiger charge is -2.10. The van der Waals surface area contributed by atoms with Crippen LogP contribution in [0.25, 0.3) is 0 Å². The van der Waals surface area contributed by atoms with E-state index in [0.29, 0.717) is 11.5 Å². The van der Waals surface area contributed by atoms with E-state index in [1.165, 1.54) is 0 Å². The number of aryl methyl sites for hydroxylation is 1. The van der Waals surface area contributed by atoms with Crippen LogP contribution in [0.3, 0.4) is 0 Å². The van der Waals surface area contributed by atoms with Gasteiger partial charge in [-0.1, -0.05) is 0 Å². The standard InChI is InChI=1S/C12H10BrF2N3/c1-6-2-10(16)12(17-5-6)18-11-4-8(14)7(13)3-9(11)15/h2-5H,16H2,1H3,(H,17,18). The quantitative estimate of drug-likeness (QED) is 0.830. The lowest BCUT2D eigenvalue weighted by molar-refractivity contribution is 0.598. The lowest BCUT2D eigenvalue weighted by Crippen LogP contribution is -2.01. The second kappa shape index (κ2) is 4.89. The zero-order valence-electron chi connectivity index (χ0n) is 9.47. The number of hydrogen-bond donors (Lipinski definition) is 2. The Hall–Kier alpha value is -1.69. The van der Waals surface area contributed by atoms with Gasteiger partial charge in [-0.15, -0.1) is 0 Å². The second-order valence-electron chi connectivity index (χ2n) is 3.82. The average molecular weight is 314 g/mol. The number of halogens is 3. The van der Waals surface area contributed by atoms with Crippen LogP contribution in [-0.4, -0.2) is 4.98 Å². The summed E-state index contributed by atoms with van der Waals surface area (Å²) < 4.78 is 27.0. The number of aromatic nitrogens is 1. The molecule has 0 unspecified atom stereocenters. The summed E-state index contributed by atoms with van der Waals surface area (Å²) in [7, 11) is 0. The van der Waals surface area contributed by atoms with Crippen molar-refractivity contribution in [3.8, 4) is 0 Å². The molecule has 0 spiro atoms. The van der Waals surface area contributed by atoms with Gasteiger partial charge >= 0.3 is 0 Å². The van der Waals surface area contributed by atoms with Crippen molar-refractivity contribution in [3.05, 3.63) is 46.1 Å². The molecule has 18 heavy (non-hydrogen) atoms. The van der Waals surface area contributed by atoms with E-state index >= 15 is 0 Å². The van der Waals surface area contributed by atoms with Crippen LogP contribution in [0, 0.1) is 18.6 Å². The van der Waals surface area contributed by atoms with Crippen molar-refractivity contribution in [3.63, 3.8) is 0 Å². The number of pyridine rings is 1. The molecule has 1 aromatic heterocycles. The third kappa shape index (κ3) is 2.59. The van der Waals surface area contributed by atoms with E-state index in [4.69, 9.17) is 5.73 Å². The van der Waals surface area contributed by atoms with Crippen LogP contribution in [0.2, 0.25) is 0 Å². The lowest BCUT2D eigenvalue weighted by atomic mass is 10.2. The summed E-state index contributed by atoms with van der Waals surface area (Å²) in [6.07, 6.45) is 1.59. The van der Waals surface area contributed by atoms with Gasteiger partial charge < -0.3 is 11.1 Å². The summed E-state index contributed by atoms with van der Waals surface area (Å²) in [6.45, 7) is 1.84. The van der Waals surface area contributed by atoms with Gasteiger partial charge in [0.2, 0.25) is 0 Å². The number of nitrogen functional groups attached to an aromatic ring is 1. The topological polar surface area (TPSA) is 50.9 Å². The Morgan fingerprint density at radius 1 is 1.22 bits per heavy atom. The summed E-state index contributed by atoms with van der Waals surface area (Å²) >= 11 is 2.91. The van der Waals surface area contributed by atoms with Crippen LogP contribution in [0.5, 0.6) is 0 Å². The van der Waals surface area contributed by atoms with Gasteiger partial charge in [0.1, 0.15) is 11.6 Å². The Morgan fingerprint density at radius 2 is 1.94 bits per heavy atom. The van der Waals surface area contributed by atoms with Crippen LogP contribution in [0.15, 0.2) is 28.9 Å². The summed E-state index contributed by atoms with van der Waals surface area (Å²) in [4.78, 5) is 4.03. The van der Waals surface area contributed by atoms with Gasteiger partial charge in [-0.25, -0.2) is 13.8 Å². The SMILES string of the molecule is Cc1cnc(Nc2cc(F)c(Br)cc2F)c(N)c1. The maximum atomic E-state index is 13.6. The summed E-state index contributed by atoms with van der Waals surface area (Å²) in [5.74, 6) is -0.865. The molecule has 94 valence electrons. The second-order valence-corrected chi connectivity index (χ2v) is 4.68. The first-order chi connectivity index (χ1) is 8.47. The molecule has 0 atom stereocenters. The molecule has 0 saturated carbocycles. The van der Waals surface area contributed by atoms with E-state index in [9.17, 15) is 8.78 Å². The van der Waals surface area contributed by atoms with Gasteiger partial charge in [-0.2, -0.15) is 0 Å². The highest BCUT2D eigenvalue weighted by Crippen LogP contribution is 2.27. The van der Waals surface area contributed by atoms with Crippen LogP contribution < -0.4 is 11.1 Å². The van der Waals surface area contributed by atoms with Crippen molar-refractivity contribution >= 4 is 33.1 Å². The molecule has 0 aliphatic rings. The van der Waals surface area contributed by atoms with Gasteiger partial charge in [-0.05, 0) is 40.5 Å². The molecule has 0 saturated heterocycles. The van der Waals surface area contributed by atoms with Crippen molar-refractivity contribution in [2.45, 2.75) is 6.92 Å². The van der Waals surface area contributed by atoms with Gasteiger partial charge in [-0.3, -0.25) is 0 Å². The number of anilines is 3. The molecule has 6 heteroatoms. The Balaban J connectivity index is 2.37. The fourth-order valence-corrected chi connectivity index (χ4v) is 1.76. The fourth-order valence-electron chi connectivity index (χ4n) is 1.44. The number of nitrogens with two attached hydrogens (primary N) is 1. The Morgan fingerprint density at radius 3 is 2.61 bits per heavy atom. The number of hydrogen-bond acceptors (Lipinski definition) is 3. The molecular weight excluding hydrogens is 304 g/mol. The number of rotatable bonds is 2. The Bertz CT molecular complexity index is 602. The van der Waals surface area contributed by atoms with Gasteiger partial charge in [0.25, 0.3) is 0 Å². The first-order valence-corrected chi connectivity index (χ1v) is 5.90. The van der Waals surface area contributed by atoms with E-state index in [1.54, 1.807) is 12.3 Å². The van der Waals surface area contributed by atoms with E-state index in [0.717, 1.165) is 17.7 Å². The number of nitrogens with zero attached hydrogens (tertiary/aromatic N) is 1. The minimum Gasteiger partial charge on any atom is -0.396 e. The molecule has 1 aromatic carbocycles. The van der Waals surface area contributed by atoms with Crippen molar-refractivity contribution in [1.82, 2.24) is 4.98 Å². The van der Waals surface area contributed by atoms with Crippen LogP contribution in [0.1, 0.15) is 5.56 Å². The summed E-state index contributed by atoms with van der Waals surface area (Å²) in [6, 6.07) is 3.78. The molecule has 1 heterocycles. The minimum absolute atomic E-state index is 0.0150.